The third-order valence-corrected chi connectivity index (χ3v) is 3.85. The fourth-order valence-corrected chi connectivity index (χ4v) is 2.64. The van der Waals surface area contributed by atoms with Gasteiger partial charge in [0.2, 0.25) is 0 Å². The molecule has 2 atom stereocenters. The van der Waals surface area contributed by atoms with E-state index >= 15 is 0 Å². The molecule has 1 aromatic heterocycles. The Balaban J connectivity index is 2.11. The van der Waals surface area contributed by atoms with E-state index in [-0.39, 0.29) is 17.4 Å². The molecule has 20 heavy (non-hydrogen) atoms. The summed E-state index contributed by atoms with van der Waals surface area (Å²) >= 11 is 0. The van der Waals surface area contributed by atoms with Crippen molar-refractivity contribution < 1.29 is 18.7 Å². The van der Waals surface area contributed by atoms with Crippen LogP contribution in [-0.4, -0.2) is 34.2 Å². The second-order valence-corrected chi connectivity index (χ2v) is 5.46. The minimum absolute atomic E-state index is 0.100. The Morgan fingerprint density at radius 2 is 2.20 bits per heavy atom. The van der Waals surface area contributed by atoms with E-state index in [0.29, 0.717) is 19.5 Å². The van der Waals surface area contributed by atoms with Gasteiger partial charge >= 0.3 is 6.09 Å². The average molecular weight is 284 g/mol. The molecule has 0 spiro atoms. The number of halogens is 2. The van der Waals surface area contributed by atoms with Gasteiger partial charge in [0.25, 0.3) is 5.92 Å². The molecule has 2 rings (SSSR count). The molecule has 0 saturated carbocycles. The second-order valence-electron chi connectivity index (χ2n) is 5.46. The summed E-state index contributed by atoms with van der Waals surface area (Å²) in [7, 11) is 0. The highest BCUT2D eigenvalue weighted by Gasteiger charge is 2.31. The molecular formula is C14H18F2N2O2. The number of aromatic nitrogens is 1. The topological polar surface area (TPSA) is 53.4 Å². The highest BCUT2D eigenvalue weighted by Crippen LogP contribution is 2.33. The number of hydrogen-bond acceptors (Lipinski definition) is 2. The average Bonchev–Trinajstić information content (AvgIpc) is 2.37. The van der Waals surface area contributed by atoms with Gasteiger partial charge in [0.05, 0.1) is 0 Å². The largest absolute Gasteiger partial charge is 0.465 e. The SMILES string of the molecule is CC1CN(C(=O)O)CCC1c1ccc(C(C)(F)F)cn1. The first-order valence-corrected chi connectivity index (χ1v) is 6.61. The first-order chi connectivity index (χ1) is 9.29. The summed E-state index contributed by atoms with van der Waals surface area (Å²) in [5.41, 5.74) is 0.660. The Morgan fingerprint density at radius 1 is 1.50 bits per heavy atom. The zero-order chi connectivity index (χ0) is 14.9. The molecule has 110 valence electrons. The first kappa shape index (κ1) is 14.7. The molecule has 2 heterocycles. The molecule has 0 bridgehead atoms. The summed E-state index contributed by atoms with van der Waals surface area (Å²) < 4.78 is 26.3. The van der Waals surface area contributed by atoms with Crippen molar-refractivity contribution in [1.82, 2.24) is 9.88 Å². The van der Waals surface area contributed by atoms with Gasteiger partial charge in [-0.05, 0) is 24.5 Å². The fraction of sp³-hybridized carbons (Fsp3) is 0.571. The summed E-state index contributed by atoms with van der Waals surface area (Å²) in [6, 6.07) is 3.03. The van der Waals surface area contributed by atoms with E-state index in [2.05, 4.69) is 4.98 Å². The molecule has 0 aromatic carbocycles. The lowest BCUT2D eigenvalue weighted by molar-refractivity contribution is 0.0170. The van der Waals surface area contributed by atoms with Crippen molar-refractivity contribution in [2.24, 2.45) is 5.92 Å². The Labute approximate surface area is 116 Å². The van der Waals surface area contributed by atoms with Gasteiger partial charge in [-0.25, -0.2) is 13.6 Å². The predicted molar refractivity (Wildman–Crippen MR) is 69.9 cm³/mol. The molecule has 2 unspecified atom stereocenters. The van der Waals surface area contributed by atoms with E-state index in [4.69, 9.17) is 5.11 Å². The molecule has 1 saturated heterocycles. The van der Waals surface area contributed by atoms with Crippen molar-refractivity contribution in [3.8, 4) is 0 Å². The van der Waals surface area contributed by atoms with Gasteiger partial charge in [-0.1, -0.05) is 6.92 Å². The van der Waals surface area contributed by atoms with E-state index in [0.717, 1.165) is 12.6 Å². The van der Waals surface area contributed by atoms with Gasteiger partial charge in [0.15, 0.2) is 0 Å². The second kappa shape index (κ2) is 5.34. The number of carbonyl (C=O) groups is 1. The zero-order valence-corrected chi connectivity index (χ0v) is 11.5. The Hall–Kier alpha value is -1.72. The van der Waals surface area contributed by atoms with Gasteiger partial charge in [0, 0.05) is 43.4 Å². The lowest BCUT2D eigenvalue weighted by atomic mass is 9.84. The summed E-state index contributed by atoms with van der Waals surface area (Å²) in [5.74, 6) is -2.64. The fourth-order valence-electron chi connectivity index (χ4n) is 2.64. The maximum Gasteiger partial charge on any atom is 0.407 e. The highest BCUT2D eigenvalue weighted by molar-refractivity contribution is 5.65. The lowest BCUT2D eigenvalue weighted by Gasteiger charge is -2.35. The van der Waals surface area contributed by atoms with Crippen molar-refractivity contribution in [1.29, 1.82) is 0 Å². The number of piperidine rings is 1. The van der Waals surface area contributed by atoms with Crippen molar-refractivity contribution in [2.45, 2.75) is 32.1 Å². The summed E-state index contributed by atoms with van der Waals surface area (Å²) in [6.45, 7) is 3.71. The number of amides is 1. The number of hydrogen-bond donors (Lipinski definition) is 1. The molecule has 1 aliphatic heterocycles. The van der Waals surface area contributed by atoms with Crippen LogP contribution in [0.3, 0.4) is 0 Å². The minimum Gasteiger partial charge on any atom is -0.465 e. The standard InChI is InChI=1S/C14H18F2N2O2/c1-9-8-18(13(19)20)6-5-11(9)12-4-3-10(7-17-12)14(2,15)16/h3-4,7,9,11H,5-6,8H2,1-2H3,(H,19,20). The molecule has 1 aliphatic rings. The third-order valence-electron chi connectivity index (χ3n) is 3.85. The van der Waals surface area contributed by atoms with Gasteiger partial charge in [-0.2, -0.15) is 0 Å². The highest BCUT2D eigenvalue weighted by atomic mass is 19.3. The Kier molecular flexibility index (Phi) is 3.92. The Bertz CT molecular complexity index is 485. The monoisotopic (exact) mass is 284 g/mol. The number of nitrogens with zero attached hydrogens (tertiary/aromatic N) is 2. The number of carboxylic acid groups (broad SMARTS) is 1. The van der Waals surface area contributed by atoms with Crippen LogP contribution in [0.2, 0.25) is 0 Å². The zero-order valence-electron chi connectivity index (χ0n) is 11.5. The van der Waals surface area contributed by atoms with Crippen LogP contribution in [0.15, 0.2) is 18.3 Å². The minimum atomic E-state index is -2.89. The van der Waals surface area contributed by atoms with Crippen molar-refractivity contribution >= 4 is 6.09 Å². The van der Waals surface area contributed by atoms with E-state index in [9.17, 15) is 13.6 Å². The van der Waals surface area contributed by atoms with E-state index < -0.39 is 12.0 Å². The summed E-state index contributed by atoms with van der Waals surface area (Å²) in [4.78, 5) is 16.5. The summed E-state index contributed by atoms with van der Waals surface area (Å²) in [6.07, 6.45) is 0.970. The molecule has 1 aromatic rings. The van der Waals surface area contributed by atoms with Crippen molar-refractivity contribution in [3.05, 3.63) is 29.6 Å². The number of pyridine rings is 1. The van der Waals surface area contributed by atoms with Crippen LogP contribution in [0.4, 0.5) is 13.6 Å². The molecule has 0 aliphatic carbocycles. The van der Waals surface area contributed by atoms with Crippen LogP contribution in [-0.2, 0) is 5.92 Å². The number of rotatable bonds is 2. The van der Waals surface area contributed by atoms with E-state index in [1.54, 1.807) is 6.07 Å². The van der Waals surface area contributed by atoms with Crippen molar-refractivity contribution in [2.75, 3.05) is 13.1 Å². The van der Waals surface area contributed by atoms with Crippen LogP contribution in [0.25, 0.3) is 0 Å². The molecule has 1 N–H and O–H groups in total. The maximum absolute atomic E-state index is 13.1. The van der Waals surface area contributed by atoms with Crippen LogP contribution in [0.5, 0.6) is 0 Å². The molecule has 0 radical (unpaired) electrons. The Morgan fingerprint density at radius 3 is 2.65 bits per heavy atom. The van der Waals surface area contributed by atoms with E-state index in [1.165, 1.54) is 17.2 Å². The van der Waals surface area contributed by atoms with Crippen LogP contribution < -0.4 is 0 Å². The summed E-state index contributed by atoms with van der Waals surface area (Å²) in [5, 5.41) is 8.97. The maximum atomic E-state index is 13.1. The van der Waals surface area contributed by atoms with Gasteiger partial charge < -0.3 is 10.0 Å². The first-order valence-electron chi connectivity index (χ1n) is 6.61. The number of alkyl halides is 2. The molecule has 6 heteroatoms. The quantitative estimate of drug-likeness (QED) is 0.906. The van der Waals surface area contributed by atoms with E-state index in [1.807, 2.05) is 6.92 Å². The molecular weight excluding hydrogens is 266 g/mol. The predicted octanol–water partition coefficient (Wildman–Crippen LogP) is 3.30. The van der Waals surface area contributed by atoms with Crippen LogP contribution in [0, 0.1) is 5.92 Å². The van der Waals surface area contributed by atoms with Crippen LogP contribution >= 0.6 is 0 Å². The molecule has 1 amide bonds. The molecule has 1 fully saturated rings. The van der Waals surface area contributed by atoms with Gasteiger partial charge in [0.1, 0.15) is 0 Å². The van der Waals surface area contributed by atoms with Crippen LogP contribution in [0.1, 0.15) is 37.4 Å². The van der Waals surface area contributed by atoms with Crippen molar-refractivity contribution in [3.63, 3.8) is 0 Å². The van der Waals surface area contributed by atoms with Gasteiger partial charge in [-0.15, -0.1) is 0 Å². The van der Waals surface area contributed by atoms with Gasteiger partial charge in [-0.3, -0.25) is 4.98 Å². The molecule has 4 nitrogen and oxygen atoms in total. The third kappa shape index (κ3) is 3.05. The lowest BCUT2D eigenvalue weighted by Crippen LogP contribution is -2.41. The number of likely N-dealkylation sites (tertiary alicyclic amines) is 1. The normalized spacial score (nSPS) is 23.7. The smallest absolute Gasteiger partial charge is 0.407 e.